The predicted molar refractivity (Wildman–Crippen MR) is 110 cm³/mol. The van der Waals surface area contributed by atoms with Crippen LogP contribution in [0, 0.1) is 23.3 Å². The molecule has 3 aromatic carbocycles. The third-order valence-corrected chi connectivity index (χ3v) is 5.52. The minimum atomic E-state index is -1.38. The molecule has 0 bridgehead atoms. The second-order valence-corrected chi connectivity index (χ2v) is 7.60. The SMILES string of the molecule is CC(C)c1c(F)c(F)c(-c2ccc3c(c2)c2ccccc2c2nccn32)c(F)c1F. The summed E-state index contributed by atoms with van der Waals surface area (Å²) in [4.78, 5) is 4.40. The summed E-state index contributed by atoms with van der Waals surface area (Å²) in [6.07, 6.45) is 3.46. The maximum Gasteiger partial charge on any atom is 0.170 e. The Morgan fingerprint density at radius 1 is 0.800 bits per heavy atom. The Bertz CT molecular complexity index is 1440. The van der Waals surface area contributed by atoms with Gasteiger partial charge in [0, 0.05) is 28.7 Å². The van der Waals surface area contributed by atoms with Crippen molar-refractivity contribution in [2.24, 2.45) is 0 Å². The molecule has 6 heteroatoms. The Balaban J connectivity index is 1.88. The van der Waals surface area contributed by atoms with Crippen LogP contribution < -0.4 is 0 Å². The van der Waals surface area contributed by atoms with Crippen LogP contribution in [0.15, 0.2) is 54.9 Å². The van der Waals surface area contributed by atoms with Gasteiger partial charge in [-0.1, -0.05) is 44.2 Å². The van der Waals surface area contributed by atoms with E-state index in [1.165, 1.54) is 19.9 Å². The second-order valence-electron chi connectivity index (χ2n) is 7.60. The number of halogens is 4. The number of pyridine rings is 1. The van der Waals surface area contributed by atoms with Crippen LogP contribution in [0.5, 0.6) is 0 Å². The van der Waals surface area contributed by atoms with Crippen molar-refractivity contribution in [3.63, 3.8) is 0 Å². The lowest BCUT2D eigenvalue weighted by Gasteiger charge is -2.15. The van der Waals surface area contributed by atoms with Crippen molar-refractivity contribution < 1.29 is 17.6 Å². The van der Waals surface area contributed by atoms with Gasteiger partial charge in [-0.15, -0.1) is 0 Å². The van der Waals surface area contributed by atoms with E-state index in [4.69, 9.17) is 0 Å². The molecule has 0 spiro atoms. The Labute approximate surface area is 169 Å². The number of aromatic nitrogens is 2. The fourth-order valence-electron chi connectivity index (χ4n) is 4.14. The molecular weight excluding hydrogens is 392 g/mol. The average Bonchev–Trinajstić information content (AvgIpc) is 3.23. The molecule has 0 saturated heterocycles. The smallest absolute Gasteiger partial charge is 0.170 e. The van der Waals surface area contributed by atoms with Crippen LogP contribution in [0.25, 0.3) is 38.4 Å². The van der Waals surface area contributed by atoms with E-state index in [0.717, 1.165) is 21.9 Å². The van der Waals surface area contributed by atoms with Gasteiger partial charge in [-0.25, -0.2) is 22.5 Å². The summed E-state index contributed by atoms with van der Waals surface area (Å²) in [5.74, 6) is -6.17. The summed E-state index contributed by atoms with van der Waals surface area (Å²) in [5.41, 5.74) is 0.300. The lowest BCUT2D eigenvalue weighted by Crippen LogP contribution is -2.07. The zero-order valence-corrected chi connectivity index (χ0v) is 16.2. The first-order valence-corrected chi connectivity index (χ1v) is 9.54. The van der Waals surface area contributed by atoms with Gasteiger partial charge >= 0.3 is 0 Å². The van der Waals surface area contributed by atoms with E-state index in [1.54, 1.807) is 24.5 Å². The number of benzene rings is 3. The van der Waals surface area contributed by atoms with E-state index in [9.17, 15) is 17.6 Å². The first-order valence-electron chi connectivity index (χ1n) is 9.54. The molecule has 0 unspecified atom stereocenters. The molecular formula is C24H16F4N2. The van der Waals surface area contributed by atoms with Gasteiger partial charge in [0.1, 0.15) is 5.65 Å². The largest absolute Gasteiger partial charge is 0.299 e. The van der Waals surface area contributed by atoms with Gasteiger partial charge in [0.05, 0.1) is 11.1 Å². The van der Waals surface area contributed by atoms with Crippen LogP contribution in [-0.2, 0) is 0 Å². The molecule has 0 aliphatic rings. The minimum Gasteiger partial charge on any atom is -0.299 e. The Hall–Kier alpha value is -3.41. The summed E-state index contributed by atoms with van der Waals surface area (Å²) < 4.78 is 60.8. The van der Waals surface area contributed by atoms with Crippen LogP contribution in [0.4, 0.5) is 17.6 Å². The van der Waals surface area contributed by atoms with E-state index >= 15 is 0 Å². The van der Waals surface area contributed by atoms with Crippen molar-refractivity contribution in [2.75, 3.05) is 0 Å². The highest BCUT2D eigenvalue weighted by Gasteiger charge is 2.27. The summed E-state index contributed by atoms with van der Waals surface area (Å²) in [6.45, 7) is 2.97. The maximum absolute atomic E-state index is 14.9. The van der Waals surface area contributed by atoms with Gasteiger partial charge < -0.3 is 0 Å². The van der Waals surface area contributed by atoms with Crippen molar-refractivity contribution in [1.29, 1.82) is 0 Å². The van der Waals surface area contributed by atoms with Crippen LogP contribution >= 0.6 is 0 Å². The summed E-state index contributed by atoms with van der Waals surface area (Å²) >= 11 is 0. The number of hydrogen-bond acceptors (Lipinski definition) is 1. The van der Waals surface area contributed by atoms with Crippen molar-refractivity contribution in [2.45, 2.75) is 19.8 Å². The molecule has 0 radical (unpaired) electrons. The fourth-order valence-corrected chi connectivity index (χ4v) is 4.14. The first-order chi connectivity index (χ1) is 14.4. The lowest BCUT2D eigenvalue weighted by atomic mass is 9.94. The molecule has 2 heterocycles. The van der Waals surface area contributed by atoms with E-state index in [-0.39, 0.29) is 5.56 Å². The second kappa shape index (κ2) is 6.55. The molecule has 5 rings (SSSR count). The van der Waals surface area contributed by atoms with Crippen LogP contribution in [0.3, 0.4) is 0 Å². The van der Waals surface area contributed by atoms with Gasteiger partial charge in [-0.3, -0.25) is 4.40 Å². The van der Waals surface area contributed by atoms with Crippen molar-refractivity contribution in [3.05, 3.63) is 83.7 Å². The topological polar surface area (TPSA) is 17.3 Å². The highest BCUT2D eigenvalue weighted by Crippen LogP contribution is 2.37. The van der Waals surface area contributed by atoms with Gasteiger partial charge in [-0.05, 0) is 29.0 Å². The van der Waals surface area contributed by atoms with Gasteiger partial charge in [0.25, 0.3) is 0 Å². The summed E-state index contributed by atoms with van der Waals surface area (Å²) in [7, 11) is 0. The molecule has 0 aliphatic heterocycles. The van der Waals surface area contributed by atoms with Crippen molar-refractivity contribution in [3.8, 4) is 11.1 Å². The summed E-state index contributed by atoms with van der Waals surface area (Å²) in [6, 6.07) is 12.2. The molecule has 0 fully saturated rings. The molecule has 2 aromatic heterocycles. The Morgan fingerprint density at radius 3 is 2.13 bits per heavy atom. The number of rotatable bonds is 2. The predicted octanol–water partition coefficient (Wildman–Crippen LogP) is 6.99. The van der Waals surface area contributed by atoms with E-state index in [0.29, 0.717) is 5.39 Å². The molecule has 0 amide bonds. The molecule has 0 aliphatic carbocycles. The Morgan fingerprint density at radius 2 is 1.47 bits per heavy atom. The number of imidazole rings is 1. The molecule has 0 atom stereocenters. The van der Waals surface area contributed by atoms with Crippen LogP contribution in [-0.4, -0.2) is 9.38 Å². The van der Waals surface area contributed by atoms with Crippen molar-refractivity contribution in [1.82, 2.24) is 9.38 Å². The maximum atomic E-state index is 14.9. The fraction of sp³-hybridized carbons (Fsp3) is 0.125. The number of nitrogens with zero attached hydrogens (tertiary/aromatic N) is 2. The third kappa shape index (κ3) is 2.46. The Kier molecular flexibility index (Phi) is 4.07. The molecule has 150 valence electrons. The standard InChI is InChI=1S/C24H16F4N2/c1-12(2)18-20(25)22(27)19(23(28)21(18)26)13-7-8-17-16(11-13)14-5-3-4-6-15(14)24-29-9-10-30(17)24/h3-12H,1-2H3. The highest BCUT2D eigenvalue weighted by molar-refractivity contribution is 6.12. The number of hydrogen-bond donors (Lipinski definition) is 0. The highest BCUT2D eigenvalue weighted by atomic mass is 19.2. The van der Waals surface area contributed by atoms with E-state index in [2.05, 4.69) is 4.98 Å². The number of fused-ring (bicyclic) bond motifs is 6. The molecule has 0 N–H and O–H groups in total. The van der Waals surface area contributed by atoms with Crippen LogP contribution in [0.1, 0.15) is 25.3 Å². The van der Waals surface area contributed by atoms with Gasteiger partial charge in [0.2, 0.25) is 0 Å². The van der Waals surface area contributed by atoms with Gasteiger partial charge in [-0.2, -0.15) is 0 Å². The van der Waals surface area contributed by atoms with Gasteiger partial charge in [0.15, 0.2) is 23.3 Å². The van der Waals surface area contributed by atoms with Crippen molar-refractivity contribution >= 4 is 27.3 Å². The normalized spacial score (nSPS) is 12.0. The zero-order valence-electron chi connectivity index (χ0n) is 16.2. The molecule has 30 heavy (non-hydrogen) atoms. The summed E-state index contributed by atoms with van der Waals surface area (Å²) in [5, 5.41) is 2.38. The lowest BCUT2D eigenvalue weighted by molar-refractivity contribution is 0.436. The zero-order chi connectivity index (χ0) is 21.2. The molecule has 0 saturated carbocycles. The third-order valence-electron chi connectivity index (χ3n) is 5.52. The minimum absolute atomic E-state index is 0.0650. The molecule has 5 aromatic rings. The average molecular weight is 408 g/mol. The quantitative estimate of drug-likeness (QED) is 0.175. The van der Waals surface area contributed by atoms with Crippen LogP contribution in [0.2, 0.25) is 0 Å². The monoisotopic (exact) mass is 408 g/mol. The van der Waals surface area contributed by atoms with E-state index in [1.807, 2.05) is 28.7 Å². The van der Waals surface area contributed by atoms with E-state index < -0.39 is 40.3 Å². The first kappa shape index (κ1) is 18.6. The molecule has 2 nitrogen and oxygen atoms in total.